The molecule has 1 aromatic carbocycles. The lowest BCUT2D eigenvalue weighted by molar-refractivity contribution is 0.0696. The van der Waals surface area contributed by atoms with Crippen LogP contribution in [0.2, 0.25) is 0 Å². The van der Waals surface area contributed by atoms with E-state index in [4.69, 9.17) is 5.11 Å². The summed E-state index contributed by atoms with van der Waals surface area (Å²) in [4.78, 5) is 10.7. The fraction of sp³-hybridized carbons (Fsp3) is 0.200. The molecular weight excluding hydrogens is 286 g/mol. The first-order chi connectivity index (χ1) is 9.49. The van der Waals surface area contributed by atoms with Gasteiger partial charge < -0.3 is 5.11 Å². The van der Waals surface area contributed by atoms with Crippen LogP contribution >= 0.6 is 0 Å². The van der Waals surface area contributed by atoms with Gasteiger partial charge in [0.05, 0.1) is 10.5 Å². The fourth-order valence-corrected chi connectivity index (χ4v) is 2.54. The van der Waals surface area contributed by atoms with Gasteiger partial charge in [-0.3, -0.25) is 0 Å². The third-order valence-electron chi connectivity index (χ3n) is 2.42. The highest BCUT2D eigenvalue weighted by Crippen LogP contribution is 2.11. The van der Waals surface area contributed by atoms with E-state index in [0.717, 1.165) is 6.07 Å². The Morgan fingerprint density at radius 3 is 2.85 bits per heavy atom. The molecule has 0 unspecified atom stereocenters. The van der Waals surface area contributed by atoms with Crippen LogP contribution in [0.1, 0.15) is 16.2 Å². The van der Waals surface area contributed by atoms with Crippen LogP contribution < -0.4 is 4.72 Å². The molecule has 0 saturated heterocycles. The van der Waals surface area contributed by atoms with E-state index in [9.17, 15) is 13.2 Å². The van der Waals surface area contributed by atoms with Crippen LogP contribution in [0.5, 0.6) is 0 Å². The normalized spacial score (nSPS) is 11.4. The maximum atomic E-state index is 12.0. The number of aromatic amines is 1. The zero-order chi connectivity index (χ0) is 14.6. The number of benzene rings is 1. The number of carboxylic acid groups (broad SMARTS) is 1. The Labute approximate surface area is 114 Å². The molecule has 0 bridgehead atoms. The topological polar surface area (TPSA) is 138 Å². The average molecular weight is 297 g/mol. The summed E-state index contributed by atoms with van der Waals surface area (Å²) in [6, 6.07) is 5.11. The number of hydrogen-bond donors (Lipinski definition) is 3. The quantitative estimate of drug-likeness (QED) is 0.648. The van der Waals surface area contributed by atoms with Crippen molar-refractivity contribution in [3.8, 4) is 0 Å². The molecule has 0 fully saturated rings. The van der Waals surface area contributed by atoms with Gasteiger partial charge in [0.1, 0.15) is 0 Å². The van der Waals surface area contributed by atoms with E-state index in [1.54, 1.807) is 0 Å². The number of aromatic nitrogens is 4. The number of nitrogens with one attached hydrogen (secondary N) is 2. The molecule has 106 valence electrons. The Kier molecular flexibility index (Phi) is 4.05. The Morgan fingerprint density at radius 1 is 1.40 bits per heavy atom. The number of aromatic carboxylic acids is 1. The number of nitrogens with zero attached hydrogens (tertiary/aromatic N) is 3. The average Bonchev–Trinajstić information content (AvgIpc) is 2.92. The Balaban J connectivity index is 2.06. The Morgan fingerprint density at radius 2 is 2.20 bits per heavy atom. The number of hydrogen-bond acceptors (Lipinski definition) is 6. The number of rotatable bonds is 6. The summed E-state index contributed by atoms with van der Waals surface area (Å²) in [6.45, 7) is 0.0825. The minimum Gasteiger partial charge on any atom is -0.478 e. The molecule has 0 spiro atoms. The summed E-state index contributed by atoms with van der Waals surface area (Å²) in [5, 5.41) is 21.8. The monoisotopic (exact) mass is 297 g/mol. The maximum Gasteiger partial charge on any atom is 0.335 e. The highest BCUT2D eigenvalue weighted by molar-refractivity contribution is 7.89. The number of carboxylic acids is 1. The molecule has 0 aliphatic rings. The molecule has 0 amide bonds. The van der Waals surface area contributed by atoms with Gasteiger partial charge in [-0.2, -0.15) is 5.21 Å². The standard InChI is InChI=1S/C10H11N5O4S/c16-10(17)7-2-1-3-8(6-7)20(18,19)11-5-4-9-12-14-15-13-9/h1-3,6,11H,4-5H2,(H,16,17)(H,12,13,14,15). The molecular formula is C10H11N5O4S. The second-order valence-corrected chi connectivity index (χ2v) is 5.58. The van der Waals surface area contributed by atoms with Gasteiger partial charge in [-0.1, -0.05) is 11.3 Å². The highest BCUT2D eigenvalue weighted by atomic mass is 32.2. The third kappa shape index (κ3) is 3.36. The van der Waals surface area contributed by atoms with Crippen molar-refractivity contribution in [1.29, 1.82) is 0 Å². The van der Waals surface area contributed by atoms with E-state index < -0.39 is 16.0 Å². The van der Waals surface area contributed by atoms with Gasteiger partial charge in [0.2, 0.25) is 10.0 Å². The van der Waals surface area contributed by atoms with Crippen LogP contribution in [0.4, 0.5) is 0 Å². The smallest absolute Gasteiger partial charge is 0.335 e. The van der Waals surface area contributed by atoms with Gasteiger partial charge in [0.25, 0.3) is 0 Å². The molecule has 3 N–H and O–H groups in total. The first-order valence-corrected chi connectivity index (χ1v) is 7.03. The molecule has 0 atom stereocenters. The Hall–Kier alpha value is -2.33. The van der Waals surface area contributed by atoms with Crippen molar-refractivity contribution in [2.24, 2.45) is 0 Å². The van der Waals surface area contributed by atoms with E-state index >= 15 is 0 Å². The lowest BCUT2D eigenvalue weighted by atomic mass is 10.2. The SMILES string of the molecule is O=C(O)c1cccc(S(=O)(=O)NCCc2nn[nH]n2)c1. The summed E-state index contributed by atoms with van der Waals surface area (Å²) in [5.41, 5.74) is -0.0916. The van der Waals surface area contributed by atoms with E-state index in [-0.39, 0.29) is 23.4 Å². The molecule has 1 aromatic heterocycles. The van der Waals surface area contributed by atoms with Gasteiger partial charge in [-0.05, 0) is 18.2 Å². The molecule has 0 saturated carbocycles. The van der Waals surface area contributed by atoms with Crippen LogP contribution in [0.25, 0.3) is 0 Å². The van der Waals surface area contributed by atoms with Crippen LogP contribution in [0, 0.1) is 0 Å². The van der Waals surface area contributed by atoms with Crippen molar-refractivity contribution in [3.63, 3.8) is 0 Å². The van der Waals surface area contributed by atoms with E-state index in [1.807, 2.05) is 0 Å². The molecule has 1 heterocycles. The van der Waals surface area contributed by atoms with Crippen molar-refractivity contribution >= 4 is 16.0 Å². The van der Waals surface area contributed by atoms with E-state index in [0.29, 0.717) is 5.82 Å². The first-order valence-electron chi connectivity index (χ1n) is 5.54. The molecule has 10 heteroatoms. The van der Waals surface area contributed by atoms with Gasteiger partial charge in [-0.25, -0.2) is 17.9 Å². The van der Waals surface area contributed by atoms with Crippen molar-refractivity contribution in [2.45, 2.75) is 11.3 Å². The number of sulfonamides is 1. The second-order valence-electron chi connectivity index (χ2n) is 3.81. The second kappa shape index (κ2) is 5.75. The predicted octanol–water partition coefficient (Wildman–Crippen LogP) is -0.581. The van der Waals surface area contributed by atoms with Crippen molar-refractivity contribution in [2.75, 3.05) is 6.54 Å². The summed E-state index contributed by atoms with van der Waals surface area (Å²) in [6.07, 6.45) is 0.272. The minimum atomic E-state index is -3.77. The van der Waals surface area contributed by atoms with Crippen LogP contribution in [0.15, 0.2) is 29.2 Å². The van der Waals surface area contributed by atoms with Crippen molar-refractivity contribution in [3.05, 3.63) is 35.7 Å². The molecule has 2 rings (SSSR count). The summed E-state index contributed by atoms with van der Waals surface area (Å²) >= 11 is 0. The molecule has 0 aliphatic carbocycles. The molecule has 9 nitrogen and oxygen atoms in total. The van der Waals surface area contributed by atoms with Crippen molar-refractivity contribution in [1.82, 2.24) is 25.3 Å². The molecule has 0 radical (unpaired) electrons. The van der Waals surface area contributed by atoms with Gasteiger partial charge in [0.15, 0.2) is 5.82 Å². The number of carbonyl (C=O) groups is 1. The molecule has 0 aliphatic heterocycles. The largest absolute Gasteiger partial charge is 0.478 e. The number of H-pyrrole nitrogens is 1. The lowest BCUT2D eigenvalue weighted by Crippen LogP contribution is -2.26. The fourth-order valence-electron chi connectivity index (χ4n) is 1.47. The third-order valence-corrected chi connectivity index (χ3v) is 3.88. The van der Waals surface area contributed by atoms with Gasteiger partial charge in [-0.15, -0.1) is 10.2 Å². The lowest BCUT2D eigenvalue weighted by Gasteiger charge is -2.06. The maximum absolute atomic E-state index is 12.0. The number of tetrazole rings is 1. The zero-order valence-corrected chi connectivity index (χ0v) is 11.0. The summed E-state index contributed by atoms with van der Waals surface area (Å²) in [7, 11) is -3.77. The predicted molar refractivity (Wildman–Crippen MR) is 66.5 cm³/mol. The minimum absolute atomic E-state index is 0.0825. The molecule has 20 heavy (non-hydrogen) atoms. The summed E-state index contributed by atoms with van der Waals surface area (Å²) < 4.78 is 26.3. The van der Waals surface area contributed by atoms with Crippen LogP contribution in [-0.2, 0) is 16.4 Å². The van der Waals surface area contributed by atoms with Crippen LogP contribution in [-0.4, -0.2) is 46.7 Å². The zero-order valence-electron chi connectivity index (χ0n) is 10.1. The summed E-state index contributed by atoms with van der Waals surface area (Å²) in [5.74, 6) is -0.805. The molecule has 2 aromatic rings. The first kappa shape index (κ1) is 14.1. The van der Waals surface area contributed by atoms with Crippen molar-refractivity contribution < 1.29 is 18.3 Å². The highest BCUT2D eigenvalue weighted by Gasteiger charge is 2.15. The van der Waals surface area contributed by atoms with Gasteiger partial charge >= 0.3 is 5.97 Å². The Bertz CT molecular complexity index is 698. The van der Waals surface area contributed by atoms with E-state index in [1.165, 1.54) is 18.2 Å². The van der Waals surface area contributed by atoms with Crippen LogP contribution in [0.3, 0.4) is 0 Å². The van der Waals surface area contributed by atoms with E-state index in [2.05, 4.69) is 25.3 Å². The van der Waals surface area contributed by atoms with Gasteiger partial charge in [0, 0.05) is 13.0 Å².